The van der Waals surface area contributed by atoms with Gasteiger partial charge in [-0.25, -0.2) is 4.98 Å². The number of benzene rings is 1. The molecule has 0 N–H and O–H groups in total. The first kappa shape index (κ1) is 16.4. The van der Waals surface area contributed by atoms with E-state index in [1.165, 1.54) is 40.5 Å². The van der Waals surface area contributed by atoms with Gasteiger partial charge >= 0.3 is 0 Å². The summed E-state index contributed by atoms with van der Waals surface area (Å²) >= 11 is 10.3. The van der Waals surface area contributed by atoms with Gasteiger partial charge in [-0.15, -0.1) is 11.6 Å². The topological polar surface area (TPSA) is 17.8 Å². The van der Waals surface area contributed by atoms with Crippen molar-refractivity contribution in [3.8, 4) is 0 Å². The highest BCUT2D eigenvalue weighted by Gasteiger charge is 2.09. The first-order valence-corrected chi connectivity index (χ1v) is 9.96. The summed E-state index contributed by atoms with van der Waals surface area (Å²) < 4.78 is 3.51. The number of fused-ring (bicyclic) bond motifs is 1. The molecule has 1 aromatic heterocycles. The molecular formula is C15H20ClIN2S. The average Bonchev–Trinajstić information content (AvgIpc) is 2.79. The molecule has 0 unspecified atom stereocenters. The van der Waals surface area contributed by atoms with Crippen LogP contribution in [0.4, 0.5) is 0 Å². The number of hydrogen-bond donors (Lipinski definition) is 0. The van der Waals surface area contributed by atoms with Crippen LogP contribution < -0.4 is 0 Å². The third-order valence-electron chi connectivity index (χ3n) is 3.39. The molecule has 0 spiro atoms. The van der Waals surface area contributed by atoms with Crippen LogP contribution in [0.5, 0.6) is 0 Å². The van der Waals surface area contributed by atoms with Crippen LogP contribution in [-0.4, -0.2) is 21.6 Å². The summed E-state index contributed by atoms with van der Waals surface area (Å²) in [4.78, 5) is 4.64. The number of aromatic nitrogens is 2. The fourth-order valence-electron chi connectivity index (χ4n) is 2.37. The van der Waals surface area contributed by atoms with E-state index in [0.717, 1.165) is 17.9 Å². The van der Waals surface area contributed by atoms with Crippen molar-refractivity contribution in [2.75, 3.05) is 12.0 Å². The number of aryl methyl sites for hydroxylation is 1. The van der Waals surface area contributed by atoms with E-state index in [2.05, 4.69) is 56.6 Å². The summed E-state index contributed by atoms with van der Waals surface area (Å²) in [5.74, 6) is 2.75. The molecule has 0 saturated heterocycles. The molecule has 0 radical (unpaired) electrons. The maximum Gasteiger partial charge on any atom is 0.124 e. The second-order valence-electron chi connectivity index (χ2n) is 4.85. The van der Waals surface area contributed by atoms with Gasteiger partial charge in [0.25, 0.3) is 0 Å². The number of imidazole rings is 1. The Bertz CT molecular complexity index is 556. The maximum atomic E-state index is 6.04. The minimum atomic E-state index is 0.484. The predicted molar refractivity (Wildman–Crippen MR) is 98.9 cm³/mol. The van der Waals surface area contributed by atoms with E-state index in [4.69, 9.17) is 11.6 Å². The SMILES string of the molecule is CSCCCCCCn1c(CCl)nc2cc(I)ccc21. The van der Waals surface area contributed by atoms with Gasteiger partial charge in [0.05, 0.1) is 16.9 Å². The van der Waals surface area contributed by atoms with E-state index in [-0.39, 0.29) is 0 Å². The number of thioether (sulfide) groups is 1. The Balaban J connectivity index is 2.01. The minimum absolute atomic E-state index is 0.484. The molecule has 20 heavy (non-hydrogen) atoms. The summed E-state index contributed by atoms with van der Waals surface area (Å²) in [6.07, 6.45) is 7.31. The number of halogens is 2. The van der Waals surface area contributed by atoms with Gasteiger partial charge in [0.2, 0.25) is 0 Å². The standard InChI is InChI=1S/C15H20ClIN2S/c1-20-9-5-3-2-4-8-19-14-7-6-12(17)10-13(14)18-15(19)11-16/h6-7,10H,2-5,8-9,11H2,1H3. The summed E-state index contributed by atoms with van der Waals surface area (Å²) in [5.41, 5.74) is 2.28. The lowest BCUT2D eigenvalue weighted by Gasteiger charge is -2.07. The quantitative estimate of drug-likeness (QED) is 0.326. The number of rotatable bonds is 8. The molecule has 0 fully saturated rings. The molecule has 2 aromatic rings. The van der Waals surface area contributed by atoms with Crippen LogP contribution in [0.25, 0.3) is 11.0 Å². The molecule has 0 aliphatic rings. The van der Waals surface area contributed by atoms with Crippen LogP contribution in [0, 0.1) is 3.57 Å². The molecule has 5 heteroatoms. The molecule has 2 rings (SSSR count). The number of alkyl halides is 1. The Kier molecular flexibility index (Phi) is 6.97. The van der Waals surface area contributed by atoms with Gasteiger partial charge in [0.1, 0.15) is 5.82 Å². The minimum Gasteiger partial charge on any atom is -0.327 e. The normalized spacial score (nSPS) is 11.3. The van der Waals surface area contributed by atoms with Gasteiger partial charge in [0, 0.05) is 10.1 Å². The lowest BCUT2D eigenvalue weighted by atomic mass is 10.2. The van der Waals surface area contributed by atoms with E-state index < -0.39 is 0 Å². The number of hydrogen-bond acceptors (Lipinski definition) is 2. The number of unbranched alkanes of at least 4 members (excludes halogenated alkanes) is 3. The van der Waals surface area contributed by atoms with Crippen molar-refractivity contribution in [2.45, 2.75) is 38.1 Å². The van der Waals surface area contributed by atoms with Crippen molar-refractivity contribution >= 4 is 57.0 Å². The average molecular weight is 423 g/mol. The van der Waals surface area contributed by atoms with Gasteiger partial charge in [-0.05, 0) is 65.6 Å². The van der Waals surface area contributed by atoms with E-state index in [1.54, 1.807) is 0 Å². The molecule has 110 valence electrons. The Morgan fingerprint density at radius 2 is 2.05 bits per heavy atom. The summed E-state index contributed by atoms with van der Waals surface area (Å²) in [6, 6.07) is 6.42. The molecule has 2 nitrogen and oxygen atoms in total. The van der Waals surface area contributed by atoms with Gasteiger partial charge < -0.3 is 4.57 Å². The zero-order valence-electron chi connectivity index (χ0n) is 11.7. The maximum absolute atomic E-state index is 6.04. The van der Waals surface area contributed by atoms with Crippen LogP contribution in [-0.2, 0) is 12.4 Å². The Labute approximate surface area is 143 Å². The summed E-state index contributed by atoms with van der Waals surface area (Å²) in [6.45, 7) is 1.03. The van der Waals surface area contributed by atoms with Crippen LogP contribution in [0.3, 0.4) is 0 Å². The van der Waals surface area contributed by atoms with Crippen molar-refractivity contribution < 1.29 is 0 Å². The van der Waals surface area contributed by atoms with Crippen LogP contribution in [0.2, 0.25) is 0 Å². The molecule has 0 aliphatic heterocycles. The first-order valence-electron chi connectivity index (χ1n) is 6.96. The zero-order valence-corrected chi connectivity index (χ0v) is 15.5. The highest BCUT2D eigenvalue weighted by Crippen LogP contribution is 2.21. The predicted octanol–water partition coefficient (Wildman–Crippen LogP) is 5.30. The Morgan fingerprint density at radius 1 is 1.25 bits per heavy atom. The van der Waals surface area contributed by atoms with E-state index >= 15 is 0 Å². The van der Waals surface area contributed by atoms with Crippen LogP contribution in [0.15, 0.2) is 18.2 Å². The molecule has 0 atom stereocenters. The van der Waals surface area contributed by atoms with Crippen LogP contribution >= 0.6 is 46.0 Å². The zero-order chi connectivity index (χ0) is 14.4. The van der Waals surface area contributed by atoms with E-state index in [0.29, 0.717) is 5.88 Å². The van der Waals surface area contributed by atoms with Crippen molar-refractivity contribution in [3.63, 3.8) is 0 Å². The Hall–Kier alpha value is 0.0600. The lowest BCUT2D eigenvalue weighted by molar-refractivity contribution is 0.582. The van der Waals surface area contributed by atoms with Crippen molar-refractivity contribution in [3.05, 3.63) is 27.6 Å². The molecule has 0 amide bonds. The molecule has 0 saturated carbocycles. The van der Waals surface area contributed by atoms with Gasteiger partial charge in [-0.3, -0.25) is 0 Å². The van der Waals surface area contributed by atoms with E-state index in [9.17, 15) is 0 Å². The third kappa shape index (κ3) is 4.28. The molecule has 0 aliphatic carbocycles. The lowest BCUT2D eigenvalue weighted by Crippen LogP contribution is -2.02. The largest absolute Gasteiger partial charge is 0.327 e. The number of nitrogens with zero attached hydrogens (tertiary/aromatic N) is 2. The first-order chi connectivity index (χ1) is 9.76. The van der Waals surface area contributed by atoms with Gasteiger partial charge in [0.15, 0.2) is 0 Å². The second-order valence-corrected chi connectivity index (χ2v) is 7.35. The summed E-state index contributed by atoms with van der Waals surface area (Å²) in [5, 5.41) is 0. The highest BCUT2D eigenvalue weighted by atomic mass is 127. The molecular weight excluding hydrogens is 403 g/mol. The van der Waals surface area contributed by atoms with Crippen molar-refractivity contribution in [1.82, 2.24) is 9.55 Å². The fourth-order valence-corrected chi connectivity index (χ4v) is 3.55. The van der Waals surface area contributed by atoms with E-state index in [1.807, 2.05) is 11.8 Å². The molecule has 1 heterocycles. The van der Waals surface area contributed by atoms with Gasteiger partial charge in [-0.1, -0.05) is 12.8 Å². The monoisotopic (exact) mass is 422 g/mol. The smallest absolute Gasteiger partial charge is 0.124 e. The van der Waals surface area contributed by atoms with Crippen LogP contribution in [0.1, 0.15) is 31.5 Å². The summed E-state index contributed by atoms with van der Waals surface area (Å²) in [7, 11) is 0. The molecule has 0 bridgehead atoms. The highest BCUT2D eigenvalue weighted by molar-refractivity contribution is 14.1. The van der Waals surface area contributed by atoms with Crippen molar-refractivity contribution in [2.24, 2.45) is 0 Å². The van der Waals surface area contributed by atoms with Crippen molar-refractivity contribution in [1.29, 1.82) is 0 Å². The Morgan fingerprint density at radius 3 is 2.80 bits per heavy atom. The second kappa shape index (κ2) is 8.49. The fraction of sp³-hybridized carbons (Fsp3) is 0.533. The van der Waals surface area contributed by atoms with Gasteiger partial charge in [-0.2, -0.15) is 11.8 Å². The third-order valence-corrected chi connectivity index (χ3v) is 5.00. The molecule has 1 aromatic carbocycles.